The summed E-state index contributed by atoms with van der Waals surface area (Å²) in [6.07, 6.45) is 3.05. The third kappa shape index (κ3) is 5.93. The summed E-state index contributed by atoms with van der Waals surface area (Å²) < 4.78 is 10.5. The first-order valence-electron chi connectivity index (χ1n) is 6.95. The van der Waals surface area contributed by atoms with E-state index in [4.69, 9.17) is 15.2 Å². The molecule has 5 heteroatoms. The summed E-state index contributed by atoms with van der Waals surface area (Å²) in [6.45, 7) is 2.54. The van der Waals surface area contributed by atoms with E-state index in [0.717, 1.165) is 19.3 Å². The minimum absolute atomic E-state index is 0.0181. The van der Waals surface area contributed by atoms with Crippen molar-refractivity contribution in [3.05, 3.63) is 24.3 Å². The minimum Gasteiger partial charge on any atom is -0.497 e. The van der Waals surface area contributed by atoms with Gasteiger partial charge in [-0.05, 0) is 18.6 Å². The normalized spacial score (nSPS) is 11.8. The van der Waals surface area contributed by atoms with E-state index < -0.39 is 0 Å². The summed E-state index contributed by atoms with van der Waals surface area (Å²) in [6, 6.07) is 7.19. The zero-order valence-electron chi connectivity index (χ0n) is 12.2. The molecule has 0 spiro atoms. The molecule has 0 aliphatic heterocycles. The second-order valence-electron chi connectivity index (χ2n) is 4.61. The molecule has 1 unspecified atom stereocenters. The lowest BCUT2D eigenvalue weighted by Gasteiger charge is -2.16. The summed E-state index contributed by atoms with van der Waals surface area (Å²) in [5.41, 5.74) is 5.63. The van der Waals surface area contributed by atoms with Crippen LogP contribution in [0.3, 0.4) is 0 Å². The van der Waals surface area contributed by atoms with Gasteiger partial charge in [0.2, 0.25) is 0 Å². The quantitative estimate of drug-likeness (QED) is 0.722. The van der Waals surface area contributed by atoms with Crippen molar-refractivity contribution in [3.8, 4) is 11.5 Å². The lowest BCUT2D eigenvalue weighted by Crippen LogP contribution is -2.42. The number of benzene rings is 1. The van der Waals surface area contributed by atoms with Crippen LogP contribution in [-0.2, 0) is 4.79 Å². The van der Waals surface area contributed by atoms with Gasteiger partial charge in [-0.2, -0.15) is 0 Å². The van der Waals surface area contributed by atoms with E-state index in [1.807, 2.05) is 12.1 Å². The molecule has 1 rings (SSSR count). The molecular weight excluding hydrogens is 256 g/mol. The Hall–Kier alpha value is -1.75. The van der Waals surface area contributed by atoms with Crippen LogP contribution in [0.15, 0.2) is 24.3 Å². The van der Waals surface area contributed by atoms with Crippen molar-refractivity contribution in [2.75, 3.05) is 20.3 Å². The predicted octanol–water partition coefficient (Wildman–Crippen LogP) is 1.71. The van der Waals surface area contributed by atoms with Crippen LogP contribution in [0.1, 0.15) is 26.2 Å². The van der Waals surface area contributed by atoms with E-state index in [2.05, 4.69) is 12.2 Å². The highest BCUT2D eigenvalue weighted by Crippen LogP contribution is 2.18. The van der Waals surface area contributed by atoms with Crippen molar-refractivity contribution in [1.82, 2.24) is 5.32 Å². The lowest BCUT2D eigenvalue weighted by molar-refractivity contribution is -0.123. The number of nitrogens with two attached hydrogens (primary N) is 1. The minimum atomic E-state index is -0.153. The molecule has 112 valence electrons. The van der Waals surface area contributed by atoms with E-state index in [1.54, 1.807) is 19.2 Å². The van der Waals surface area contributed by atoms with Gasteiger partial charge < -0.3 is 20.5 Å². The number of amides is 1. The summed E-state index contributed by atoms with van der Waals surface area (Å²) in [7, 11) is 1.59. The zero-order valence-corrected chi connectivity index (χ0v) is 12.2. The Bertz CT molecular complexity index is 410. The maximum Gasteiger partial charge on any atom is 0.258 e. The average molecular weight is 280 g/mol. The molecule has 1 amide bonds. The lowest BCUT2D eigenvalue weighted by atomic mass is 10.1. The van der Waals surface area contributed by atoms with Gasteiger partial charge in [0, 0.05) is 18.7 Å². The highest BCUT2D eigenvalue weighted by Gasteiger charge is 2.10. The Morgan fingerprint density at radius 1 is 1.40 bits per heavy atom. The summed E-state index contributed by atoms with van der Waals surface area (Å²) in [4.78, 5) is 11.8. The van der Waals surface area contributed by atoms with E-state index in [9.17, 15) is 4.79 Å². The Balaban J connectivity index is 2.38. The van der Waals surface area contributed by atoms with Crippen LogP contribution in [-0.4, -0.2) is 32.2 Å². The van der Waals surface area contributed by atoms with Crippen LogP contribution in [0.4, 0.5) is 0 Å². The van der Waals surface area contributed by atoms with Gasteiger partial charge in [0.25, 0.3) is 5.91 Å². The number of carbonyl (C=O) groups is 1. The molecule has 0 aliphatic carbocycles. The number of methoxy groups -OCH3 is 1. The molecule has 0 saturated carbocycles. The Morgan fingerprint density at radius 2 is 2.15 bits per heavy atom. The van der Waals surface area contributed by atoms with Gasteiger partial charge in [-0.1, -0.05) is 25.8 Å². The average Bonchev–Trinajstić information content (AvgIpc) is 2.49. The topological polar surface area (TPSA) is 73.6 Å². The molecule has 0 aromatic heterocycles. The molecule has 3 N–H and O–H groups in total. The van der Waals surface area contributed by atoms with E-state index in [0.29, 0.717) is 18.0 Å². The summed E-state index contributed by atoms with van der Waals surface area (Å²) in [5.74, 6) is 1.16. The van der Waals surface area contributed by atoms with Crippen LogP contribution in [0.25, 0.3) is 0 Å². The number of unbranched alkanes of at least 4 members (excludes halogenated alkanes) is 1. The first-order chi connectivity index (χ1) is 9.69. The highest BCUT2D eigenvalue weighted by molar-refractivity contribution is 5.77. The molecule has 0 heterocycles. The molecular formula is C15H24N2O3. The van der Waals surface area contributed by atoms with Gasteiger partial charge in [0.05, 0.1) is 7.11 Å². The number of hydrogen-bond acceptors (Lipinski definition) is 4. The van der Waals surface area contributed by atoms with Gasteiger partial charge in [-0.3, -0.25) is 4.79 Å². The van der Waals surface area contributed by atoms with Crippen molar-refractivity contribution in [1.29, 1.82) is 0 Å². The number of hydrogen-bond donors (Lipinski definition) is 2. The Labute approximate surface area is 120 Å². The molecule has 5 nitrogen and oxygen atoms in total. The fourth-order valence-electron chi connectivity index (χ4n) is 1.81. The van der Waals surface area contributed by atoms with E-state index in [-0.39, 0.29) is 18.6 Å². The Morgan fingerprint density at radius 3 is 2.80 bits per heavy atom. The molecule has 0 bridgehead atoms. The predicted molar refractivity (Wildman–Crippen MR) is 79.0 cm³/mol. The Kier molecular flexibility index (Phi) is 7.50. The van der Waals surface area contributed by atoms with Gasteiger partial charge in [0.1, 0.15) is 11.5 Å². The monoisotopic (exact) mass is 280 g/mol. The second-order valence-corrected chi connectivity index (χ2v) is 4.61. The maximum atomic E-state index is 11.8. The van der Waals surface area contributed by atoms with Gasteiger partial charge in [0.15, 0.2) is 6.61 Å². The standard InChI is InChI=1S/C15H24N2O3/c1-3-4-6-12(10-16)17-15(18)11-20-14-8-5-7-13(9-14)19-2/h5,7-9,12H,3-4,6,10-11,16H2,1-2H3,(H,17,18). The molecule has 1 aromatic rings. The SMILES string of the molecule is CCCCC(CN)NC(=O)COc1cccc(OC)c1. The van der Waals surface area contributed by atoms with E-state index >= 15 is 0 Å². The van der Waals surface area contributed by atoms with Crippen LogP contribution < -0.4 is 20.5 Å². The zero-order chi connectivity index (χ0) is 14.8. The molecule has 0 aliphatic rings. The molecule has 0 fully saturated rings. The third-order valence-electron chi connectivity index (χ3n) is 2.97. The number of nitrogens with one attached hydrogen (secondary N) is 1. The van der Waals surface area contributed by atoms with Crippen LogP contribution in [0, 0.1) is 0 Å². The highest BCUT2D eigenvalue weighted by atomic mass is 16.5. The van der Waals surface area contributed by atoms with Crippen molar-refractivity contribution in [2.24, 2.45) is 5.73 Å². The van der Waals surface area contributed by atoms with Crippen LogP contribution >= 0.6 is 0 Å². The first kappa shape index (κ1) is 16.3. The van der Waals surface area contributed by atoms with Gasteiger partial charge >= 0.3 is 0 Å². The fraction of sp³-hybridized carbons (Fsp3) is 0.533. The van der Waals surface area contributed by atoms with Gasteiger partial charge in [-0.25, -0.2) is 0 Å². The molecule has 20 heavy (non-hydrogen) atoms. The third-order valence-corrected chi connectivity index (χ3v) is 2.97. The molecule has 1 aromatic carbocycles. The molecule has 0 radical (unpaired) electrons. The molecule has 0 saturated heterocycles. The van der Waals surface area contributed by atoms with Crippen molar-refractivity contribution in [3.63, 3.8) is 0 Å². The van der Waals surface area contributed by atoms with Crippen LogP contribution in [0.5, 0.6) is 11.5 Å². The van der Waals surface area contributed by atoms with Crippen molar-refractivity contribution >= 4 is 5.91 Å². The summed E-state index contributed by atoms with van der Waals surface area (Å²) >= 11 is 0. The number of rotatable bonds is 9. The van der Waals surface area contributed by atoms with Crippen LogP contribution in [0.2, 0.25) is 0 Å². The van der Waals surface area contributed by atoms with Crippen molar-refractivity contribution in [2.45, 2.75) is 32.2 Å². The maximum absolute atomic E-state index is 11.8. The second kappa shape index (κ2) is 9.20. The van der Waals surface area contributed by atoms with Gasteiger partial charge in [-0.15, -0.1) is 0 Å². The number of ether oxygens (including phenoxy) is 2. The van der Waals surface area contributed by atoms with E-state index in [1.165, 1.54) is 0 Å². The number of carbonyl (C=O) groups excluding carboxylic acids is 1. The fourth-order valence-corrected chi connectivity index (χ4v) is 1.81. The largest absolute Gasteiger partial charge is 0.497 e. The molecule has 1 atom stereocenters. The smallest absolute Gasteiger partial charge is 0.258 e. The summed E-state index contributed by atoms with van der Waals surface area (Å²) in [5, 5.41) is 2.88. The first-order valence-corrected chi connectivity index (χ1v) is 6.95. The van der Waals surface area contributed by atoms with Crippen molar-refractivity contribution < 1.29 is 14.3 Å².